The molecule has 3 aromatic carbocycles. The number of hydrogen-bond donors (Lipinski definition) is 1. The van der Waals surface area contributed by atoms with E-state index in [9.17, 15) is 9.59 Å². The summed E-state index contributed by atoms with van der Waals surface area (Å²) >= 11 is 3.51. The van der Waals surface area contributed by atoms with Crippen LogP contribution in [0.4, 0.5) is 0 Å². The minimum atomic E-state index is -0.680. The molecular formula is C30H35BrN2O3. The molecule has 5 nitrogen and oxygen atoms in total. The quantitative estimate of drug-likeness (QED) is 0.341. The Morgan fingerprint density at radius 2 is 1.61 bits per heavy atom. The molecule has 0 saturated heterocycles. The Hall–Kier alpha value is -3.12. The van der Waals surface area contributed by atoms with Crippen LogP contribution in [0, 0.1) is 0 Å². The Morgan fingerprint density at radius 3 is 2.28 bits per heavy atom. The maximum absolute atomic E-state index is 13.7. The number of nitrogens with zero attached hydrogens (tertiary/aromatic N) is 1. The van der Waals surface area contributed by atoms with Gasteiger partial charge in [-0.2, -0.15) is 0 Å². The first-order chi connectivity index (χ1) is 17.2. The van der Waals surface area contributed by atoms with Crippen LogP contribution < -0.4 is 10.1 Å². The summed E-state index contributed by atoms with van der Waals surface area (Å²) in [5.41, 5.74) is 2.81. The van der Waals surface area contributed by atoms with Crippen molar-refractivity contribution >= 4 is 27.7 Å². The first-order valence-corrected chi connectivity index (χ1v) is 13.1. The molecule has 0 saturated carbocycles. The summed E-state index contributed by atoms with van der Waals surface area (Å²) in [6, 6.07) is 24.7. The number of hydrogen-bond acceptors (Lipinski definition) is 3. The lowest BCUT2D eigenvalue weighted by Crippen LogP contribution is -2.51. The molecular weight excluding hydrogens is 516 g/mol. The van der Waals surface area contributed by atoms with Gasteiger partial charge in [0.1, 0.15) is 11.8 Å². The van der Waals surface area contributed by atoms with Gasteiger partial charge in [0.15, 0.2) is 6.61 Å². The van der Waals surface area contributed by atoms with E-state index in [0.29, 0.717) is 18.7 Å². The molecule has 1 N–H and O–H groups in total. The van der Waals surface area contributed by atoms with E-state index < -0.39 is 6.04 Å². The zero-order valence-electron chi connectivity index (χ0n) is 21.5. The molecule has 0 aromatic heterocycles. The minimum Gasteiger partial charge on any atom is -0.483 e. The summed E-state index contributed by atoms with van der Waals surface area (Å²) in [4.78, 5) is 28.6. The number of ether oxygens (including phenoxy) is 1. The Labute approximate surface area is 223 Å². The number of halogens is 1. The van der Waals surface area contributed by atoms with Gasteiger partial charge in [-0.25, -0.2) is 0 Å². The van der Waals surface area contributed by atoms with Crippen molar-refractivity contribution in [3.63, 3.8) is 0 Å². The number of nitrogens with one attached hydrogen (secondary N) is 1. The Bertz CT molecular complexity index is 1160. The van der Waals surface area contributed by atoms with Gasteiger partial charge in [0, 0.05) is 24.0 Å². The lowest BCUT2D eigenvalue weighted by Gasteiger charge is -2.32. The predicted molar refractivity (Wildman–Crippen MR) is 148 cm³/mol. The van der Waals surface area contributed by atoms with Gasteiger partial charge < -0.3 is 15.0 Å². The molecule has 2 amide bonds. The summed E-state index contributed by atoms with van der Waals surface area (Å²) in [6.07, 6.45) is 0.408. The van der Waals surface area contributed by atoms with Crippen LogP contribution in [0.2, 0.25) is 0 Å². The lowest BCUT2D eigenvalue weighted by atomic mass is 9.86. The van der Waals surface area contributed by atoms with E-state index in [1.807, 2.05) is 85.8 Å². The van der Waals surface area contributed by atoms with E-state index in [4.69, 9.17) is 4.74 Å². The molecule has 0 aliphatic carbocycles. The number of likely N-dealkylation sites (N-methyl/N-ethyl adjacent to an activating group) is 1. The maximum atomic E-state index is 13.7. The van der Waals surface area contributed by atoms with Crippen molar-refractivity contribution in [1.82, 2.24) is 10.2 Å². The van der Waals surface area contributed by atoms with E-state index >= 15 is 0 Å². The van der Waals surface area contributed by atoms with Crippen molar-refractivity contribution in [1.29, 1.82) is 0 Å². The van der Waals surface area contributed by atoms with Gasteiger partial charge in [-0.1, -0.05) is 97.4 Å². The molecule has 0 bridgehead atoms. The third-order valence-corrected chi connectivity index (χ3v) is 6.40. The van der Waals surface area contributed by atoms with E-state index in [1.54, 1.807) is 4.90 Å². The number of amides is 2. The fourth-order valence-electron chi connectivity index (χ4n) is 4.11. The molecule has 0 unspecified atom stereocenters. The highest BCUT2D eigenvalue weighted by Crippen LogP contribution is 2.31. The average molecular weight is 552 g/mol. The monoisotopic (exact) mass is 550 g/mol. The van der Waals surface area contributed by atoms with Crippen LogP contribution in [0.15, 0.2) is 83.3 Å². The fraction of sp³-hybridized carbons (Fsp3) is 0.333. The average Bonchev–Trinajstić information content (AvgIpc) is 2.85. The second kappa shape index (κ2) is 12.7. The maximum Gasteiger partial charge on any atom is 0.261 e. The number of carbonyl (C=O) groups is 2. The van der Waals surface area contributed by atoms with E-state index in [2.05, 4.69) is 42.0 Å². The summed E-state index contributed by atoms with van der Waals surface area (Å²) in [5, 5.41) is 2.92. The predicted octanol–water partition coefficient (Wildman–Crippen LogP) is 5.90. The van der Waals surface area contributed by atoms with Crippen molar-refractivity contribution in [3.8, 4) is 5.75 Å². The van der Waals surface area contributed by atoms with Gasteiger partial charge in [-0.3, -0.25) is 9.59 Å². The molecule has 0 spiro atoms. The van der Waals surface area contributed by atoms with Crippen LogP contribution >= 0.6 is 15.9 Å². The zero-order chi connectivity index (χ0) is 26.1. The Morgan fingerprint density at radius 1 is 0.944 bits per heavy atom. The highest BCUT2D eigenvalue weighted by atomic mass is 79.9. The van der Waals surface area contributed by atoms with Gasteiger partial charge >= 0.3 is 0 Å². The third kappa shape index (κ3) is 7.69. The van der Waals surface area contributed by atoms with Gasteiger partial charge in [-0.05, 0) is 47.2 Å². The topological polar surface area (TPSA) is 58.6 Å². The van der Waals surface area contributed by atoms with Crippen LogP contribution in [-0.4, -0.2) is 35.9 Å². The molecule has 1 atom stereocenters. The normalized spacial score (nSPS) is 12.0. The van der Waals surface area contributed by atoms with Crippen molar-refractivity contribution in [2.75, 3.05) is 13.2 Å². The fourth-order valence-corrected chi connectivity index (χ4v) is 4.56. The van der Waals surface area contributed by atoms with Crippen LogP contribution in [0.3, 0.4) is 0 Å². The van der Waals surface area contributed by atoms with E-state index in [-0.39, 0.29) is 30.4 Å². The molecule has 36 heavy (non-hydrogen) atoms. The highest BCUT2D eigenvalue weighted by Gasteiger charge is 2.31. The van der Waals surface area contributed by atoms with Gasteiger partial charge in [0.25, 0.3) is 5.91 Å². The number of rotatable bonds is 10. The lowest BCUT2D eigenvalue weighted by molar-refractivity contribution is -0.142. The Balaban J connectivity index is 1.92. The van der Waals surface area contributed by atoms with Crippen LogP contribution in [0.1, 0.15) is 44.4 Å². The molecule has 3 aromatic rings. The summed E-state index contributed by atoms with van der Waals surface area (Å²) in [5.74, 6) is 0.254. The van der Waals surface area contributed by atoms with Crippen LogP contribution in [0.25, 0.3) is 0 Å². The van der Waals surface area contributed by atoms with Gasteiger partial charge in [0.2, 0.25) is 5.91 Å². The second-order valence-electron chi connectivity index (χ2n) is 9.79. The standard InChI is InChI=1S/C30H35BrN2O3/c1-5-32-29(35)26(19-22-12-7-6-8-13-22)33(20-23-14-11-15-24(31)18-23)28(34)21-36-27-17-10-9-16-25(27)30(2,3)4/h6-18,26H,5,19-21H2,1-4H3,(H,32,35)/t26-/m0/s1. The molecule has 0 aliphatic heterocycles. The summed E-state index contributed by atoms with van der Waals surface area (Å²) < 4.78 is 6.99. The smallest absolute Gasteiger partial charge is 0.261 e. The molecule has 190 valence electrons. The molecule has 0 heterocycles. The van der Waals surface area contributed by atoms with Crippen molar-refractivity contribution < 1.29 is 14.3 Å². The van der Waals surface area contributed by atoms with E-state index in [0.717, 1.165) is 21.2 Å². The largest absolute Gasteiger partial charge is 0.483 e. The molecule has 0 radical (unpaired) electrons. The molecule has 0 fully saturated rings. The molecule has 6 heteroatoms. The minimum absolute atomic E-state index is 0.132. The van der Waals surface area contributed by atoms with Gasteiger partial charge in [0.05, 0.1) is 0 Å². The third-order valence-electron chi connectivity index (χ3n) is 5.91. The van der Waals surface area contributed by atoms with E-state index in [1.165, 1.54) is 0 Å². The zero-order valence-corrected chi connectivity index (χ0v) is 23.0. The molecule has 3 rings (SSSR count). The first-order valence-electron chi connectivity index (χ1n) is 12.3. The SMILES string of the molecule is CCNC(=O)[C@H](Cc1ccccc1)N(Cc1cccc(Br)c1)C(=O)COc1ccccc1C(C)(C)C. The number of para-hydroxylation sites is 1. The van der Waals surface area contributed by atoms with Gasteiger partial charge in [-0.15, -0.1) is 0 Å². The molecule has 0 aliphatic rings. The Kier molecular flexibility index (Phi) is 9.71. The summed E-state index contributed by atoms with van der Waals surface area (Å²) in [6.45, 7) is 8.83. The van der Waals surface area contributed by atoms with Crippen LogP contribution in [0.5, 0.6) is 5.75 Å². The highest BCUT2D eigenvalue weighted by molar-refractivity contribution is 9.10. The van der Waals surface area contributed by atoms with Crippen molar-refractivity contribution in [2.24, 2.45) is 0 Å². The number of carbonyl (C=O) groups excluding carboxylic acids is 2. The second-order valence-corrected chi connectivity index (χ2v) is 10.7. The van der Waals surface area contributed by atoms with Crippen LogP contribution in [-0.2, 0) is 28.0 Å². The van der Waals surface area contributed by atoms with Crippen molar-refractivity contribution in [2.45, 2.75) is 52.1 Å². The van der Waals surface area contributed by atoms with Crippen molar-refractivity contribution in [3.05, 3.63) is 100 Å². The first kappa shape index (κ1) is 27.5. The summed E-state index contributed by atoms with van der Waals surface area (Å²) in [7, 11) is 0. The number of benzene rings is 3.